The Morgan fingerprint density at radius 1 is 1.55 bits per heavy atom. The standard InChI is InChI=1S/C9H18O2/c1-4-5-8(2)9(10)6-7-11-3/h8H,4-7H2,1-3H3. The van der Waals surface area contributed by atoms with Crippen molar-refractivity contribution in [2.45, 2.75) is 33.1 Å². The van der Waals surface area contributed by atoms with E-state index in [0.29, 0.717) is 18.8 Å². The van der Waals surface area contributed by atoms with Gasteiger partial charge in [0.25, 0.3) is 0 Å². The molecule has 66 valence electrons. The number of ether oxygens (including phenoxy) is 1. The third-order valence-electron chi connectivity index (χ3n) is 1.82. The molecule has 0 fully saturated rings. The van der Waals surface area contributed by atoms with Crippen molar-refractivity contribution >= 4 is 5.78 Å². The molecule has 0 aliphatic carbocycles. The lowest BCUT2D eigenvalue weighted by molar-refractivity contribution is -0.123. The fraction of sp³-hybridized carbons (Fsp3) is 0.889. The van der Waals surface area contributed by atoms with Gasteiger partial charge in [-0.3, -0.25) is 4.79 Å². The zero-order valence-corrected chi connectivity index (χ0v) is 7.72. The van der Waals surface area contributed by atoms with E-state index in [1.807, 2.05) is 6.92 Å². The second-order valence-electron chi connectivity index (χ2n) is 2.90. The van der Waals surface area contributed by atoms with Crippen LogP contribution >= 0.6 is 0 Å². The van der Waals surface area contributed by atoms with Gasteiger partial charge in [0.2, 0.25) is 0 Å². The highest BCUT2D eigenvalue weighted by Gasteiger charge is 2.10. The molecule has 1 atom stereocenters. The third-order valence-corrected chi connectivity index (χ3v) is 1.82. The summed E-state index contributed by atoms with van der Waals surface area (Å²) in [5.74, 6) is 0.545. The van der Waals surface area contributed by atoms with Gasteiger partial charge in [0, 0.05) is 19.4 Å². The lowest BCUT2D eigenvalue weighted by Crippen LogP contribution is -2.12. The highest BCUT2D eigenvalue weighted by atomic mass is 16.5. The molecule has 0 saturated heterocycles. The van der Waals surface area contributed by atoms with Gasteiger partial charge < -0.3 is 4.74 Å². The van der Waals surface area contributed by atoms with Gasteiger partial charge in [-0.05, 0) is 6.42 Å². The van der Waals surface area contributed by atoms with Crippen molar-refractivity contribution in [3.05, 3.63) is 0 Å². The summed E-state index contributed by atoms with van der Waals surface area (Å²) >= 11 is 0. The first-order valence-electron chi connectivity index (χ1n) is 4.24. The number of hydrogen-bond acceptors (Lipinski definition) is 2. The molecule has 0 aromatic heterocycles. The summed E-state index contributed by atoms with van der Waals surface area (Å²) in [6.07, 6.45) is 2.65. The van der Waals surface area contributed by atoms with Gasteiger partial charge in [-0.25, -0.2) is 0 Å². The summed E-state index contributed by atoms with van der Waals surface area (Å²) in [6.45, 7) is 4.65. The molecule has 0 aromatic rings. The average Bonchev–Trinajstić information content (AvgIpc) is 2.00. The number of Topliss-reactive ketones (excluding diaryl/α,β-unsaturated/α-hetero) is 1. The highest BCUT2D eigenvalue weighted by molar-refractivity contribution is 5.80. The molecule has 0 heterocycles. The fourth-order valence-corrected chi connectivity index (χ4v) is 1.04. The summed E-state index contributed by atoms with van der Waals surface area (Å²) in [5.41, 5.74) is 0. The number of methoxy groups -OCH3 is 1. The van der Waals surface area contributed by atoms with Crippen LogP contribution in [0.15, 0.2) is 0 Å². The molecular formula is C9H18O2. The minimum Gasteiger partial charge on any atom is -0.384 e. The minimum atomic E-state index is 0.218. The molecule has 11 heavy (non-hydrogen) atoms. The number of ketones is 1. The second-order valence-corrected chi connectivity index (χ2v) is 2.90. The normalized spacial score (nSPS) is 13.0. The molecule has 2 nitrogen and oxygen atoms in total. The van der Waals surface area contributed by atoms with Gasteiger partial charge in [0.15, 0.2) is 0 Å². The monoisotopic (exact) mass is 158 g/mol. The number of hydrogen-bond donors (Lipinski definition) is 0. The Morgan fingerprint density at radius 2 is 2.18 bits per heavy atom. The Hall–Kier alpha value is -0.370. The number of carbonyl (C=O) groups excluding carboxylic acids is 1. The molecule has 0 aliphatic rings. The van der Waals surface area contributed by atoms with Crippen LogP contribution in [-0.2, 0) is 9.53 Å². The van der Waals surface area contributed by atoms with Gasteiger partial charge in [-0.2, -0.15) is 0 Å². The first-order chi connectivity index (χ1) is 5.22. The van der Waals surface area contributed by atoms with Crippen molar-refractivity contribution in [3.8, 4) is 0 Å². The van der Waals surface area contributed by atoms with Crippen LogP contribution in [0, 0.1) is 5.92 Å². The van der Waals surface area contributed by atoms with Crippen molar-refractivity contribution in [1.29, 1.82) is 0 Å². The van der Waals surface area contributed by atoms with E-state index >= 15 is 0 Å². The Labute approximate surface area is 68.9 Å². The van der Waals surface area contributed by atoms with E-state index in [2.05, 4.69) is 6.92 Å². The maximum absolute atomic E-state index is 11.2. The van der Waals surface area contributed by atoms with Crippen molar-refractivity contribution in [1.82, 2.24) is 0 Å². The zero-order valence-electron chi connectivity index (χ0n) is 7.72. The van der Waals surface area contributed by atoms with Crippen molar-refractivity contribution < 1.29 is 9.53 Å². The topological polar surface area (TPSA) is 26.3 Å². The quantitative estimate of drug-likeness (QED) is 0.591. The average molecular weight is 158 g/mol. The molecule has 0 radical (unpaired) electrons. The van der Waals surface area contributed by atoms with E-state index in [1.54, 1.807) is 7.11 Å². The van der Waals surface area contributed by atoms with E-state index in [1.165, 1.54) is 0 Å². The predicted octanol–water partition coefficient (Wildman–Crippen LogP) is 2.03. The molecular weight excluding hydrogens is 140 g/mol. The summed E-state index contributed by atoms with van der Waals surface area (Å²) < 4.78 is 4.82. The van der Waals surface area contributed by atoms with Crippen molar-refractivity contribution in [2.75, 3.05) is 13.7 Å². The summed E-state index contributed by atoms with van der Waals surface area (Å²) in [4.78, 5) is 11.2. The first kappa shape index (κ1) is 10.6. The largest absolute Gasteiger partial charge is 0.384 e. The molecule has 0 amide bonds. The highest BCUT2D eigenvalue weighted by Crippen LogP contribution is 2.08. The molecule has 2 heteroatoms. The van der Waals surface area contributed by atoms with Crippen LogP contribution in [0.25, 0.3) is 0 Å². The molecule has 0 aliphatic heterocycles. The van der Waals surface area contributed by atoms with Crippen molar-refractivity contribution in [3.63, 3.8) is 0 Å². The Kier molecular flexibility index (Phi) is 6.13. The van der Waals surface area contributed by atoms with E-state index in [4.69, 9.17) is 4.74 Å². The molecule has 0 bridgehead atoms. The van der Waals surface area contributed by atoms with Gasteiger partial charge in [0.05, 0.1) is 6.61 Å². The molecule has 1 unspecified atom stereocenters. The molecule has 0 spiro atoms. The number of rotatable bonds is 6. The van der Waals surface area contributed by atoms with Crippen LogP contribution in [0.2, 0.25) is 0 Å². The minimum absolute atomic E-state index is 0.218. The van der Waals surface area contributed by atoms with E-state index in [-0.39, 0.29) is 5.92 Å². The van der Waals surface area contributed by atoms with Gasteiger partial charge >= 0.3 is 0 Å². The van der Waals surface area contributed by atoms with Crippen LogP contribution in [-0.4, -0.2) is 19.5 Å². The van der Waals surface area contributed by atoms with Crippen LogP contribution in [0.3, 0.4) is 0 Å². The molecule has 0 N–H and O–H groups in total. The Morgan fingerprint density at radius 3 is 2.64 bits per heavy atom. The maximum atomic E-state index is 11.2. The van der Waals surface area contributed by atoms with Crippen LogP contribution in [0.4, 0.5) is 0 Å². The predicted molar refractivity (Wildman–Crippen MR) is 45.6 cm³/mol. The second kappa shape index (κ2) is 6.35. The lowest BCUT2D eigenvalue weighted by atomic mass is 9.99. The Bertz CT molecular complexity index is 110. The molecule has 0 aromatic carbocycles. The van der Waals surface area contributed by atoms with E-state index in [0.717, 1.165) is 12.8 Å². The maximum Gasteiger partial charge on any atom is 0.137 e. The summed E-state index contributed by atoms with van der Waals surface area (Å²) in [6, 6.07) is 0. The fourth-order valence-electron chi connectivity index (χ4n) is 1.04. The van der Waals surface area contributed by atoms with Gasteiger partial charge in [-0.15, -0.1) is 0 Å². The molecule has 0 rings (SSSR count). The summed E-state index contributed by atoms with van der Waals surface area (Å²) in [5, 5.41) is 0. The zero-order chi connectivity index (χ0) is 8.69. The van der Waals surface area contributed by atoms with E-state index in [9.17, 15) is 4.79 Å². The molecule has 0 saturated carbocycles. The first-order valence-corrected chi connectivity index (χ1v) is 4.24. The smallest absolute Gasteiger partial charge is 0.137 e. The van der Waals surface area contributed by atoms with Gasteiger partial charge in [-0.1, -0.05) is 20.3 Å². The van der Waals surface area contributed by atoms with E-state index < -0.39 is 0 Å². The Balaban J connectivity index is 3.47. The van der Waals surface area contributed by atoms with Crippen molar-refractivity contribution in [2.24, 2.45) is 5.92 Å². The van der Waals surface area contributed by atoms with Crippen LogP contribution in [0.5, 0.6) is 0 Å². The number of carbonyl (C=O) groups is 1. The summed E-state index contributed by atoms with van der Waals surface area (Å²) in [7, 11) is 1.62. The SMILES string of the molecule is CCCC(C)C(=O)CCOC. The van der Waals surface area contributed by atoms with Gasteiger partial charge in [0.1, 0.15) is 5.78 Å². The van der Waals surface area contributed by atoms with Crippen LogP contribution in [0.1, 0.15) is 33.1 Å². The lowest BCUT2D eigenvalue weighted by Gasteiger charge is -2.07. The van der Waals surface area contributed by atoms with Crippen LogP contribution < -0.4 is 0 Å². The third kappa shape index (κ3) is 4.96.